The number of hydrogen-bond acceptors (Lipinski definition) is 2. The fourth-order valence-corrected chi connectivity index (χ4v) is 1.96. The molecule has 1 amide bonds. The van der Waals surface area contributed by atoms with Gasteiger partial charge in [0.15, 0.2) is 0 Å². The lowest BCUT2D eigenvalue weighted by Gasteiger charge is -2.09. The number of nitrogens with two attached hydrogens (primary N) is 1. The van der Waals surface area contributed by atoms with Gasteiger partial charge in [0.05, 0.1) is 11.4 Å². The van der Waals surface area contributed by atoms with Gasteiger partial charge < -0.3 is 11.1 Å². The Hall–Kier alpha value is -1.95. The molecule has 3 nitrogen and oxygen atoms in total. The summed E-state index contributed by atoms with van der Waals surface area (Å²) in [5, 5.41) is 2.37. The average Bonchev–Trinajstić information content (AvgIpc) is 2.30. The quantitative estimate of drug-likeness (QED) is 0.829. The number of rotatable bonds is 2. The van der Waals surface area contributed by atoms with E-state index in [1.165, 1.54) is 0 Å². The van der Waals surface area contributed by atoms with Crippen LogP contribution in [0.2, 0.25) is 0 Å². The molecule has 6 heteroatoms. The zero-order chi connectivity index (χ0) is 14.0. The van der Waals surface area contributed by atoms with Gasteiger partial charge in [0, 0.05) is 4.47 Å². The fourth-order valence-electron chi connectivity index (χ4n) is 1.55. The van der Waals surface area contributed by atoms with Gasteiger partial charge in [-0.1, -0.05) is 28.1 Å². The fraction of sp³-hybridized carbons (Fsp3) is 0. The van der Waals surface area contributed by atoms with E-state index in [1.807, 2.05) is 0 Å². The van der Waals surface area contributed by atoms with E-state index < -0.39 is 23.1 Å². The summed E-state index contributed by atoms with van der Waals surface area (Å²) in [7, 11) is 0. The van der Waals surface area contributed by atoms with E-state index in [4.69, 9.17) is 5.73 Å². The Bertz CT molecular complexity index is 623. The summed E-state index contributed by atoms with van der Waals surface area (Å²) < 4.78 is 27.4. The molecule has 0 radical (unpaired) electrons. The highest BCUT2D eigenvalue weighted by Gasteiger charge is 2.19. The number of halogens is 3. The predicted molar refractivity (Wildman–Crippen MR) is 72.9 cm³/mol. The van der Waals surface area contributed by atoms with Crippen LogP contribution in [0.25, 0.3) is 0 Å². The zero-order valence-electron chi connectivity index (χ0n) is 9.58. The number of para-hydroxylation sites is 2. The van der Waals surface area contributed by atoms with E-state index in [-0.39, 0.29) is 4.47 Å². The van der Waals surface area contributed by atoms with E-state index in [0.717, 1.165) is 12.1 Å². The van der Waals surface area contributed by atoms with Crippen LogP contribution >= 0.6 is 15.9 Å². The monoisotopic (exact) mass is 326 g/mol. The van der Waals surface area contributed by atoms with Crippen molar-refractivity contribution in [3.63, 3.8) is 0 Å². The Morgan fingerprint density at radius 2 is 1.74 bits per heavy atom. The number of carbonyl (C=O) groups excluding carboxylic acids is 1. The molecule has 98 valence electrons. The predicted octanol–water partition coefficient (Wildman–Crippen LogP) is 3.56. The number of anilines is 2. The van der Waals surface area contributed by atoms with Crippen molar-refractivity contribution in [1.29, 1.82) is 0 Å². The van der Waals surface area contributed by atoms with Crippen molar-refractivity contribution in [1.82, 2.24) is 0 Å². The maximum absolute atomic E-state index is 13.6. The first kappa shape index (κ1) is 13.5. The molecular formula is C13H9BrF2N2O. The van der Waals surface area contributed by atoms with Crippen molar-refractivity contribution in [2.45, 2.75) is 0 Å². The molecule has 0 bridgehead atoms. The summed E-state index contributed by atoms with van der Waals surface area (Å²) in [6.45, 7) is 0. The molecule has 0 fully saturated rings. The Labute approximate surface area is 116 Å². The Kier molecular flexibility index (Phi) is 3.80. The molecule has 0 saturated carbocycles. The van der Waals surface area contributed by atoms with Gasteiger partial charge in [-0.25, -0.2) is 8.78 Å². The van der Waals surface area contributed by atoms with E-state index in [1.54, 1.807) is 24.3 Å². The third-order valence-electron chi connectivity index (χ3n) is 2.44. The van der Waals surface area contributed by atoms with Crippen molar-refractivity contribution in [2.75, 3.05) is 11.1 Å². The largest absolute Gasteiger partial charge is 0.397 e. The molecule has 0 heterocycles. The molecule has 2 aromatic rings. The SMILES string of the molecule is Nc1ccccc1NC(=O)c1c(F)cc(Br)cc1F. The lowest BCUT2D eigenvalue weighted by atomic mass is 10.1. The van der Waals surface area contributed by atoms with Crippen LogP contribution in [0.5, 0.6) is 0 Å². The Morgan fingerprint density at radius 1 is 1.16 bits per heavy atom. The number of nitrogen functional groups attached to an aromatic ring is 1. The molecular weight excluding hydrogens is 318 g/mol. The van der Waals surface area contributed by atoms with E-state index in [0.29, 0.717) is 11.4 Å². The number of nitrogens with one attached hydrogen (secondary N) is 1. The summed E-state index contributed by atoms with van der Waals surface area (Å²) in [6, 6.07) is 8.50. The van der Waals surface area contributed by atoms with Crippen molar-refractivity contribution >= 4 is 33.2 Å². The van der Waals surface area contributed by atoms with Gasteiger partial charge in [0.2, 0.25) is 0 Å². The smallest absolute Gasteiger partial charge is 0.261 e. The lowest BCUT2D eigenvalue weighted by Crippen LogP contribution is -2.16. The van der Waals surface area contributed by atoms with Gasteiger partial charge in [-0.2, -0.15) is 0 Å². The third-order valence-corrected chi connectivity index (χ3v) is 2.90. The minimum absolute atomic E-state index is 0.221. The second-order valence-electron chi connectivity index (χ2n) is 3.79. The second kappa shape index (κ2) is 5.36. The van der Waals surface area contributed by atoms with Crippen LogP contribution in [0.4, 0.5) is 20.2 Å². The van der Waals surface area contributed by atoms with Crippen LogP contribution in [0, 0.1) is 11.6 Å². The summed E-state index contributed by atoms with van der Waals surface area (Å²) in [5.41, 5.74) is 5.60. The van der Waals surface area contributed by atoms with Gasteiger partial charge in [0.25, 0.3) is 5.91 Å². The summed E-state index contributed by atoms with van der Waals surface area (Å²) >= 11 is 2.94. The van der Waals surface area contributed by atoms with Crippen molar-refractivity contribution in [2.24, 2.45) is 0 Å². The van der Waals surface area contributed by atoms with Crippen molar-refractivity contribution in [3.05, 3.63) is 58.1 Å². The van der Waals surface area contributed by atoms with Crippen LogP contribution in [0.1, 0.15) is 10.4 Å². The topological polar surface area (TPSA) is 55.1 Å². The molecule has 19 heavy (non-hydrogen) atoms. The van der Waals surface area contributed by atoms with Gasteiger partial charge in [0.1, 0.15) is 17.2 Å². The normalized spacial score (nSPS) is 10.3. The highest BCUT2D eigenvalue weighted by atomic mass is 79.9. The minimum Gasteiger partial charge on any atom is -0.397 e. The van der Waals surface area contributed by atoms with Crippen LogP contribution in [0.3, 0.4) is 0 Å². The zero-order valence-corrected chi connectivity index (χ0v) is 11.2. The van der Waals surface area contributed by atoms with Gasteiger partial charge in [-0.05, 0) is 24.3 Å². The van der Waals surface area contributed by atoms with E-state index in [9.17, 15) is 13.6 Å². The first-order valence-electron chi connectivity index (χ1n) is 5.29. The third kappa shape index (κ3) is 2.90. The van der Waals surface area contributed by atoms with Gasteiger partial charge in [-0.3, -0.25) is 4.79 Å². The molecule has 0 aliphatic rings. The van der Waals surface area contributed by atoms with E-state index in [2.05, 4.69) is 21.2 Å². The second-order valence-corrected chi connectivity index (χ2v) is 4.70. The molecule has 0 atom stereocenters. The van der Waals surface area contributed by atoms with Crippen LogP contribution in [-0.2, 0) is 0 Å². The Morgan fingerprint density at radius 3 is 2.32 bits per heavy atom. The molecule has 2 aromatic carbocycles. The minimum atomic E-state index is -0.945. The number of hydrogen-bond donors (Lipinski definition) is 2. The summed E-state index contributed by atoms with van der Waals surface area (Å²) in [6.07, 6.45) is 0. The molecule has 2 rings (SSSR count). The molecule has 0 spiro atoms. The molecule has 0 unspecified atom stereocenters. The molecule has 0 aliphatic carbocycles. The summed E-state index contributed by atoms with van der Waals surface area (Å²) in [5.74, 6) is -2.78. The Balaban J connectivity index is 2.34. The molecule has 0 saturated heterocycles. The average molecular weight is 327 g/mol. The number of benzene rings is 2. The highest BCUT2D eigenvalue weighted by Crippen LogP contribution is 2.22. The van der Waals surface area contributed by atoms with Crippen molar-refractivity contribution in [3.8, 4) is 0 Å². The highest BCUT2D eigenvalue weighted by molar-refractivity contribution is 9.10. The maximum Gasteiger partial charge on any atom is 0.261 e. The molecule has 0 aliphatic heterocycles. The maximum atomic E-state index is 13.6. The number of amides is 1. The van der Waals surface area contributed by atoms with Crippen LogP contribution < -0.4 is 11.1 Å². The lowest BCUT2D eigenvalue weighted by molar-refractivity contribution is 0.101. The standard InChI is InChI=1S/C13H9BrF2N2O/c14-7-5-8(15)12(9(16)6-7)13(19)18-11-4-2-1-3-10(11)17/h1-6H,17H2,(H,18,19). The number of carbonyl (C=O) groups is 1. The van der Waals surface area contributed by atoms with Gasteiger partial charge in [-0.15, -0.1) is 0 Å². The first-order chi connectivity index (χ1) is 8.99. The van der Waals surface area contributed by atoms with Crippen LogP contribution in [-0.4, -0.2) is 5.91 Å². The summed E-state index contributed by atoms with van der Waals surface area (Å²) in [4.78, 5) is 11.9. The molecule has 3 N–H and O–H groups in total. The van der Waals surface area contributed by atoms with Crippen LogP contribution in [0.15, 0.2) is 40.9 Å². The van der Waals surface area contributed by atoms with Gasteiger partial charge >= 0.3 is 0 Å². The first-order valence-corrected chi connectivity index (χ1v) is 6.08. The molecule has 0 aromatic heterocycles. The van der Waals surface area contributed by atoms with E-state index >= 15 is 0 Å². The van der Waals surface area contributed by atoms with Crippen molar-refractivity contribution < 1.29 is 13.6 Å².